The van der Waals surface area contributed by atoms with E-state index in [1.54, 1.807) is 0 Å². The molecular weight excluding hydrogens is 323 g/mol. The molecule has 2 aromatic rings. The molecule has 0 saturated carbocycles. The number of benzene rings is 1. The van der Waals surface area contributed by atoms with Gasteiger partial charge in [-0.25, -0.2) is 5.10 Å². The zero-order chi connectivity index (χ0) is 17.7. The molecule has 24 heavy (non-hydrogen) atoms. The van der Waals surface area contributed by atoms with E-state index >= 15 is 0 Å². The first-order chi connectivity index (χ1) is 11.3. The number of amides is 1. The van der Waals surface area contributed by atoms with E-state index in [4.69, 9.17) is 0 Å². The maximum Gasteiger partial charge on any atom is 0.416 e. The second-order valence-corrected chi connectivity index (χ2v) is 5.24. The van der Waals surface area contributed by atoms with Gasteiger partial charge in [0, 0.05) is 6.07 Å². The fraction of sp³-hybridized carbons (Fsp3) is 0.312. The smallest absolute Gasteiger partial charge is 0.344 e. The van der Waals surface area contributed by atoms with Gasteiger partial charge in [-0.05, 0) is 30.2 Å². The summed E-state index contributed by atoms with van der Waals surface area (Å²) in [6.45, 7) is 1.87. The molecule has 1 heterocycles. The average molecular weight is 339 g/mol. The number of halogens is 3. The van der Waals surface area contributed by atoms with Crippen LogP contribution >= 0.6 is 0 Å². The summed E-state index contributed by atoms with van der Waals surface area (Å²) in [5.41, 5.74) is -0.862. The van der Waals surface area contributed by atoms with Gasteiger partial charge in [0.15, 0.2) is 0 Å². The fourth-order valence-electron chi connectivity index (χ4n) is 2.25. The average Bonchev–Trinajstić information content (AvgIpc) is 2.54. The summed E-state index contributed by atoms with van der Waals surface area (Å²) >= 11 is 0. The molecule has 0 aliphatic carbocycles. The lowest BCUT2D eigenvalue weighted by Gasteiger charge is -2.19. The predicted octanol–water partition coefficient (Wildman–Crippen LogP) is 3.06. The lowest BCUT2D eigenvalue weighted by molar-refractivity contribution is -0.137. The molecule has 2 rings (SSSR count). The van der Waals surface area contributed by atoms with Crippen molar-refractivity contribution in [3.63, 3.8) is 0 Å². The van der Waals surface area contributed by atoms with E-state index in [1.807, 2.05) is 6.92 Å². The molecule has 1 atom stereocenters. The van der Waals surface area contributed by atoms with Crippen molar-refractivity contribution in [2.45, 2.75) is 32.0 Å². The summed E-state index contributed by atoms with van der Waals surface area (Å²) in [6.07, 6.45) is -3.31. The van der Waals surface area contributed by atoms with E-state index < -0.39 is 29.2 Å². The van der Waals surface area contributed by atoms with Crippen LogP contribution in [0.3, 0.4) is 0 Å². The van der Waals surface area contributed by atoms with Gasteiger partial charge in [-0.3, -0.25) is 9.59 Å². The van der Waals surface area contributed by atoms with E-state index in [9.17, 15) is 22.8 Å². The maximum atomic E-state index is 12.9. The largest absolute Gasteiger partial charge is 0.416 e. The molecule has 128 valence electrons. The van der Waals surface area contributed by atoms with Crippen LogP contribution in [0.4, 0.5) is 13.2 Å². The maximum absolute atomic E-state index is 12.9. The number of hydrogen-bond acceptors (Lipinski definition) is 3. The van der Waals surface area contributed by atoms with Crippen molar-refractivity contribution in [3.8, 4) is 0 Å². The van der Waals surface area contributed by atoms with Crippen LogP contribution in [0.2, 0.25) is 0 Å². The quantitative estimate of drug-likeness (QED) is 0.879. The second kappa shape index (κ2) is 7.29. The molecule has 0 bridgehead atoms. The highest BCUT2D eigenvalue weighted by Gasteiger charge is 2.31. The summed E-state index contributed by atoms with van der Waals surface area (Å²) in [4.78, 5) is 23.1. The first-order valence-corrected chi connectivity index (χ1v) is 7.35. The number of aromatic nitrogens is 2. The van der Waals surface area contributed by atoms with Gasteiger partial charge in [0.25, 0.3) is 11.5 Å². The van der Waals surface area contributed by atoms with Crippen molar-refractivity contribution in [2.24, 2.45) is 0 Å². The molecule has 5 nitrogen and oxygen atoms in total. The van der Waals surface area contributed by atoms with Gasteiger partial charge in [-0.1, -0.05) is 25.5 Å². The van der Waals surface area contributed by atoms with Gasteiger partial charge in [-0.2, -0.15) is 18.3 Å². The van der Waals surface area contributed by atoms with Crippen molar-refractivity contribution in [2.75, 3.05) is 0 Å². The summed E-state index contributed by atoms with van der Waals surface area (Å²) < 4.78 is 38.6. The fourth-order valence-corrected chi connectivity index (χ4v) is 2.25. The Balaban J connectivity index is 2.24. The Morgan fingerprint density at radius 2 is 2.04 bits per heavy atom. The number of rotatable bonds is 5. The molecule has 1 aromatic heterocycles. The Morgan fingerprint density at radius 3 is 2.62 bits per heavy atom. The topological polar surface area (TPSA) is 74.8 Å². The second-order valence-electron chi connectivity index (χ2n) is 5.24. The zero-order valence-corrected chi connectivity index (χ0v) is 12.9. The van der Waals surface area contributed by atoms with Crippen LogP contribution in [-0.4, -0.2) is 16.1 Å². The lowest BCUT2D eigenvalue weighted by atomic mass is 9.99. The SMILES string of the molecule is CCC[C@@H](NC(=O)c1ccc(=O)[nH]n1)c1cccc(C(F)(F)F)c1. The monoisotopic (exact) mass is 339 g/mol. The Morgan fingerprint density at radius 1 is 1.29 bits per heavy atom. The van der Waals surface area contributed by atoms with Crippen LogP contribution < -0.4 is 10.9 Å². The molecule has 0 radical (unpaired) electrons. The van der Waals surface area contributed by atoms with Gasteiger partial charge < -0.3 is 5.32 Å². The molecule has 1 amide bonds. The number of nitrogens with zero attached hydrogens (tertiary/aromatic N) is 1. The number of carbonyl (C=O) groups is 1. The number of alkyl halides is 3. The Bertz CT molecular complexity index is 751. The first kappa shape index (κ1) is 17.7. The molecule has 8 heteroatoms. The summed E-state index contributed by atoms with van der Waals surface area (Å²) in [6, 6.07) is 6.68. The molecule has 0 saturated heterocycles. The van der Waals surface area contributed by atoms with Crippen molar-refractivity contribution < 1.29 is 18.0 Å². The van der Waals surface area contributed by atoms with Crippen molar-refractivity contribution in [1.82, 2.24) is 15.5 Å². The zero-order valence-electron chi connectivity index (χ0n) is 12.9. The van der Waals surface area contributed by atoms with Crippen molar-refractivity contribution in [3.05, 3.63) is 63.6 Å². The van der Waals surface area contributed by atoms with E-state index in [0.29, 0.717) is 18.4 Å². The molecule has 0 aliphatic rings. The third-order valence-corrected chi connectivity index (χ3v) is 3.41. The molecular formula is C16H16F3N3O2. The van der Waals surface area contributed by atoms with Gasteiger partial charge in [-0.15, -0.1) is 0 Å². The van der Waals surface area contributed by atoms with Crippen LogP contribution in [0.25, 0.3) is 0 Å². The molecule has 0 spiro atoms. The lowest BCUT2D eigenvalue weighted by Crippen LogP contribution is -2.30. The normalized spacial score (nSPS) is 12.7. The Kier molecular flexibility index (Phi) is 5.38. The summed E-state index contributed by atoms with van der Waals surface area (Å²) in [7, 11) is 0. The van der Waals surface area contributed by atoms with Crippen LogP contribution in [0, 0.1) is 0 Å². The number of aromatic amines is 1. The number of carbonyl (C=O) groups excluding carboxylic acids is 1. The highest BCUT2D eigenvalue weighted by Crippen LogP contribution is 2.31. The number of hydrogen-bond donors (Lipinski definition) is 2. The van der Waals surface area contributed by atoms with Crippen LogP contribution in [0.1, 0.15) is 47.4 Å². The van der Waals surface area contributed by atoms with Crippen LogP contribution in [0.15, 0.2) is 41.2 Å². The van der Waals surface area contributed by atoms with Crippen molar-refractivity contribution >= 4 is 5.91 Å². The highest BCUT2D eigenvalue weighted by molar-refractivity contribution is 5.92. The minimum Gasteiger partial charge on any atom is -0.344 e. The molecule has 0 fully saturated rings. The number of nitrogens with one attached hydrogen (secondary N) is 2. The third kappa shape index (κ3) is 4.43. The molecule has 0 aliphatic heterocycles. The first-order valence-electron chi connectivity index (χ1n) is 7.35. The molecule has 1 aromatic carbocycles. The number of H-pyrrole nitrogens is 1. The van der Waals surface area contributed by atoms with Gasteiger partial charge in [0.1, 0.15) is 5.69 Å². The van der Waals surface area contributed by atoms with Gasteiger partial charge >= 0.3 is 6.18 Å². The third-order valence-electron chi connectivity index (χ3n) is 3.41. The van der Waals surface area contributed by atoms with Gasteiger partial charge in [0.05, 0.1) is 11.6 Å². The highest BCUT2D eigenvalue weighted by atomic mass is 19.4. The van der Waals surface area contributed by atoms with E-state index in [-0.39, 0.29) is 5.69 Å². The van der Waals surface area contributed by atoms with E-state index in [0.717, 1.165) is 18.2 Å². The predicted molar refractivity (Wildman–Crippen MR) is 81.4 cm³/mol. The summed E-state index contributed by atoms with van der Waals surface area (Å²) in [5, 5.41) is 8.41. The van der Waals surface area contributed by atoms with E-state index in [2.05, 4.69) is 15.5 Å². The van der Waals surface area contributed by atoms with Crippen LogP contribution in [-0.2, 0) is 6.18 Å². The minimum atomic E-state index is -4.45. The van der Waals surface area contributed by atoms with Crippen molar-refractivity contribution in [1.29, 1.82) is 0 Å². The minimum absolute atomic E-state index is 0.0114. The Labute approximate surface area is 135 Å². The standard InChI is InChI=1S/C16H16F3N3O2/c1-2-4-12(10-5-3-6-11(9-10)16(17,18)19)20-15(24)13-7-8-14(23)22-21-13/h3,5-9,12H,2,4H2,1H3,(H,20,24)(H,22,23)/t12-/m1/s1. The Hall–Kier alpha value is -2.64. The van der Waals surface area contributed by atoms with E-state index in [1.165, 1.54) is 18.2 Å². The van der Waals surface area contributed by atoms with Crippen LogP contribution in [0.5, 0.6) is 0 Å². The molecule has 2 N–H and O–H groups in total. The summed E-state index contributed by atoms with van der Waals surface area (Å²) in [5.74, 6) is -0.567. The van der Waals surface area contributed by atoms with Gasteiger partial charge in [0.2, 0.25) is 0 Å². The molecule has 0 unspecified atom stereocenters.